The van der Waals surface area contributed by atoms with Gasteiger partial charge in [0.2, 0.25) is 0 Å². The second-order valence-electron chi connectivity index (χ2n) is 5.24. The van der Waals surface area contributed by atoms with Gasteiger partial charge in [-0.25, -0.2) is 4.39 Å². The molecular formula is C14H21FN2. The van der Waals surface area contributed by atoms with Crippen LogP contribution in [0, 0.1) is 11.7 Å². The highest BCUT2D eigenvalue weighted by Gasteiger charge is 2.26. The summed E-state index contributed by atoms with van der Waals surface area (Å²) in [5.41, 5.74) is 7.79. The summed E-state index contributed by atoms with van der Waals surface area (Å²) in [5, 5.41) is 0. The van der Waals surface area contributed by atoms with Gasteiger partial charge in [0.1, 0.15) is 5.82 Å². The van der Waals surface area contributed by atoms with E-state index in [0.29, 0.717) is 12.6 Å². The van der Waals surface area contributed by atoms with E-state index in [4.69, 9.17) is 5.73 Å². The van der Waals surface area contributed by atoms with Gasteiger partial charge in [-0.2, -0.15) is 0 Å². The number of nitrogens with two attached hydrogens (primary N) is 1. The first-order valence-corrected chi connectivity index (χ1v) is 6.31. The first kappa shape index (κ1) is 12.5. The molecule has 1 aliphatic rings. The highest BCUT2D eigenvalue weighted by Crippen LogP contribution is 2.25. The Hall–Kier alpha value is -0.930. The minimum Gasteiger partial charge on any atom is -0.326 e. The van der Waals surface area contributed by atoms with Crippen molar-refractivity contribution in [3.8, 4) is 0 Å². The third-order valence-electron chi connectivity index (χ3n) is 3.67. The van der Waals surface area contributed by atoms with E-state index in [1.54, 1.807) is 12.1 Å². The van der Waals surface area contributed by atoms with Crippen molar-refractivity contribution >= 4 is 0 Å². The van der Waals surface area contributed by atoms with Gasteiger partial charge in [-0.3, -0.25) is 4.90 Å². The highest BCUT2D eigenvalue weighted by atomic mass is 19.1. The van der Waals surface area contributed by atoms with Crippen LogP contribution in [-0.4, -0.2) is 17.5 Å². The van der Waals surface area contributed by atoms with E-state index in [1.807, 2.05) is 0 Å². The first-order chi connectivity index (χ1) is 8.10. The van der Waals surface area contributed by atoms with Crippen molar-refractivity contribution in [1.82, 2.24) is 4.90 Å². The summed E-state index contributed by atoms with van der Waals surface area (Å²) in [6, 6.07) is 5.49. The van der Waals surface area contributed by atoms with Crippen LogP contribution in [0.1, 0.15) is 31.4 Å². The van der Waals surface area contributed by atoms with Crippen molar-refractivity contribution in [1.29, 1.82) is 0 Å². The van der Waals surface area contributed by atoms with Gasteiger partial charge in [0.05, 0.1) is 0 Å². The summed E-state index contributed by atoms with van der Waals surface area (Å²) < 4.78 is 13.3. The average Bonchev–Trinajstić information content (AvgIpc) is 2.58. The minimum atomic E-state index is -0.169. The Balaban J connectivity index is 2.15. The lowest BCUT2D eigenvalue weighted by Crippen LogP contribution is -2.27. The molecule has 2 atom stereocenters. The van der Waals surface area contributed by atoms with Gasteiger partial charge >= 0.3 is 0 Å². The Kier molecular flexibility index (Phi) is 3.79. The van der Waals surface area contributed by atoms with Gasteiger partial charge in [-0.15, -0.1) is 0 Å². The van der Waals surface area contributed by atoms with Crippen molar-refractivity contribution in [2.45, 2.75) is 39.4 Å². The van der Waals surface area contributed by atoms with Crippen LogP contribution in [0.5, 0.6) is 0 Å². The lowest BCUT2D eigenvalue weighted by Gasteiger charge is -2.22. The number of benzene rings is 1. The SMILES string of the molecule is CC1CC(C)N(Cc2cc(F)ccc2CN)C1. The van der Waals surface area contributed by atoms with Crippen molar-refractivity contribution in [2.24, 2.45) is 11.7 Å². The van der Waals surface area contributed by atoms with Crippen LogP contribution in [-0.2, 0) is 13.1 Å². The van der Waals surface area contributed by atoms with Crippen molar-refractivity contribution in [3.63, 3.8) is 0 Å². The molecule has 2 nitrogen and oxygen atoms in total. The topological polar surface area (TPSA) is 29.3 Å². The normalized spacial score (nSPS) is 25.4. The molecule has 1 aromatic carbocycles. The molecule has 1 saturated heterocycles. The first-order valence-electron chi connectivity index (χ1n) is 6.31. The van der Waals surface area contributed by atoms with Crippen LogP contribution in [0.4, 0.5) is 4.39 Å². The summed E-state index contributed by atoms with van der Waals surface area (Å²) in [6.45, 7) is 6.90. The highest BCUT2D eigenvalue weighted by molar-refractivity contribution is 5.28. The Morgan fingerprint density at radius 3 is 2.71 bits per heavy atom. The Morgan fingerprint density at radius 1 is 1.35 bits per heavy atom. The summed E-state index contributed by atoms with van der Waals surface area (Å²) in [5.74, 6) is 0.567. The zero-order chi connectivity index (χ0) is 12.4. The minimum absolute atomic E-state index is 0.169. The number of hydrogen-bond donors (Lipinski definition) is 1. The van der Waals surface area contributed by atoms with Crippen molar-refractivity contribution in [2.75, 3.05) is 6.54 Å². The fourth-order valence-electron chi connectivity index (χ4n) is 2.77. The molecule has 1 fully saturated rings. The van der Waals surface area contributed by atoms with Crippen LogP contribution in [0.3, 0.4) is 0 Å². The summed E-state index contributed by atoms with van der Waals surface area (Å²) in [7, 11) is 0. The van der Waals surface area contributed by atoms with Crippen molar-refractivity contribution in [3.05, 3.63) is 35.1 Å². The number of hydrogen-bond acceptors (Lipinski definition) is 2. The third-order valence-corrected chi connectivity index (χ3v) is 3.67. The van der Waals surface area contributed by atoms with E-state index in [1.165, 1.54) is 12.5 Å². The maximum atomic E-state index is 13.3. The monoisotopic (exact) mass is 236 g/mol. The molecule has 1 aliphatic heterocycles. The molecule has 0 radical (unpaired) electrons. The lowest BCUT2D eigenvalue weighted by molar-refractivity contribution is 0.255. The van der Waals surface area contributed by atoms with Gasteiger partial charge < -0.3 is 5.73 Å². The molecule has 94 valence electrons. The zero-order valence-electron chi connectivity index (χ0n) is 10.6. The van der Waals surface area contributed by atoms with Gasteiger partial charge in [0.15, 0.2) is 0 Å². The maximum Gasteiger partial charge on any atom is 0.123 e. The Bertz CT molecular complexity index is 392. The molecule has 17 heavy (non-hydrogen) atoms. The number of likely N-dealkylation sites (tertiary alicyclic amines) is 1. The van der Waals surface area contributed by atoms with Crippen LogP contribution in [0.2, 0.25) is 0 Å². The van der Waals surface area contributed by atoms with E-state index in [9.17, 15) is 4.39 Å². The van der Waals surface area contributed by atoms with Crippen molar-refractivity contribution < 1.29 is 4.39 Å². The molecule has 3 heteroatoms. The standard InChI is InChI=1S/C14H21FN2/c1-10-5-11(2)17(8-10)9-13-6-14(15)4-3-12(13)7-16/h3-4,6,10-11H,5,7-9,16H2,1-2H3. The summed E-state index contributed by atoms with van der Waals surface area (Å²) >= 11 is 0. The fourth-order valence-corrected chi connectivity index (χ4v) is 2.77. The zero-order valence-corrected chi connectivity index (χ0v) is 10.6. The Labute approximate surface area is 103 Å². The van der Waals surface area contributed by atoms with E-state index in [0.717, 1.165) is 30.1 Å². The molecule has 0 saturated carbocycles. The quantitative estimate of drug-likeness (QED) is 0.873. The van der Waals surface area contributed by atoms with Gasteiger partial charge in [-0.05, 0) is 42.5 Å². The van der Waals surface area contributed by atoms with Crippen LogP contribution in [0.25, 0.3) is 0 Å². The van der Waals surface area contributed by atoms with Gasteiger partial charge in [0.25, 0.3) is 0 Å². The smallest absolute Gasteiger partial charge is 0.123 e. The second kappa shape index (κ2) is 5.15. The maximum absolute atomic E-state index is 13.3. The Morgan fingerprint density at radius 2 is 2.12 bits per heavy atom. The molecule has 1 heterocycles. The molecule has 0 amide bonds. The molecule has 0 aromatic heterocycles. The number of rotatable bonds is 3. The fraction of sp³-hybridized carbons (Fsp3) is 0.571. The van der Waals surface area contributed by atoms with Crippen LogP contribution < -0.4 is 5.73 Å². The molecule has 0 spiro atoms. The van der Waals surface area contributed by atoms with E-state index >= 15 is 0 Å². The van der Waals surface area contributed by atoms with Crippen LogP contribution >= 0.6 is 0 Å². The lowest BCUT2D eigenvalue weighted by atomic mass is 10.1. The van der Waals surface area contributed by atoms with Gasteiger partial charge in [-0.1, -0.05) is 13.0 Å². The van der Waals surface area contributed by atoms with Crippen LogP contribution in [0.15, 0.2) is 18.2 Å². The molecule has 1 aromatic rings. The number of halogens is 1. The molecule has 2 N–H and O–H groups in total. The van der Waals surface area contributed by atoms with E-state index in [-0.39, 0.29) is 5.82 Å². The number of nitrogens with zero attached hydrogens (tertiary/aromatic N) is 1. The molecule has 0 bridgehead atoms. The summed E-state index contributed by atoms with van der Waals surface area (Å²) in [6.07, 6.45) is 1.23. The van der Waals surface area contributed by atoms with E-state index < -0.39 is 0 Å². The molecule has 2 unspecified atom stereocenters. The third kappa shape index (κ3) is 2.85. The predicted molar refractivity (Wildman–Crippen MR) is 67.9 cm³/mol. The van der Waals surface area contributed by atoms with Gasteiger partial charge in [0, 0.05) is 25.7 Å². The molecular weight excluding hydrogens is 215 g/mol. The average molecular weight is 236 g/mol. The second-order valence-corrected chi connectivity index (χ2v) is 5.24. The largest absolute Gasteiger partial charge is 0.326 e. The van der Waals surface area contributed by atoms with E-state index in [2.05, 4.69) is 18.7 Å². The molecule has 2 rings (SSSR count). The molecule has 0 aliphatic carbocycles. The summed E-state index contributed by atoms with van der Waals surface area (Å²) in [4.78, 5) is 2.42. The predicted octanol–water partition coefficient (Wildman–Crippen LogP) is 2.51.